The average Bonchev–Trinajstić information content (AvgIpc) is 2.10. The van der Waals surface area contributed by atoms with E-state index in [0.29, 0.717) is 0 Å². The molecule has 0 aliphatic rings. The summed E-state index contributed by atoms with van der Waals surface area (Å²) in [6.45, 7) is 6.00. The first-order valence-corrected chi connectivity index (χ1v) is 4.46. The van der Waals surface area contributed by atoms with Crippen molar-refractivity contribution < 1.29 is 4.55 Å². The molecule has 0 spiro atoms. The van der Waals surface area contributed by atoms with Gasteiger partial charge in [0.15, 0.2) is 0 Å². The molecule has 0 fully saturated rings. The third-order valence-electron chi connectivity index (χ3n) is 0.919. The first-order chi connectivity index (χ1) is 5.33. The van der Waals surface area contributed by atoms with Crippen LogP contribution in [-0.4, -0.2) is 4.55 Å². The van der Waals surface area contributed by atoms with Crippen LogP contribution in [0, 0.1) is 0 Å². The van der Waals surface area contributed by atoms with Crippen LogP contribution in [0.2, 0.25) is 0 Å². The third-order valence-corrected chi connectivity index (χ3v) is 1.93. The average molecular weight is 233 g/mol. The Morgan fingerprint density at radius 2 is 1.64 bits per heavy atom. The Hall–Kier alpha value is -0.250. The van der Waals surface area contributed by atoms with Gasteiger partial charge in [0, 0.05) is 21.4 Å². The monoisotopic (exact) mass is 232 g/mol. The maximum atomic E-state index is 8.53. The Labute approximate surface area is 79.5 Å². The Bertz CT molecular complexity index is 198. The van der Waals surface area contributed by atoms with Crippen LogP contribution in [0.15, 0.2) is 46.8 Å². The van der Waals surface area contributed by atoms with E-state index in [1.165, 1.54) is 0 Å². The molecule has 1 rings (SSSR count). The largest absolute Gasteiger partial charge is 0.325 e. The topological polar surface area (TPSA) is 20.2 Å². The number of halogens is 1. The van der Waals surface area contributed by atoms with Crippen LogP contribution in [0.1, 0.15) is 0 Å². The zero-order chi connectivity index (χ0) is 8.69. The predicted molar refractivity (Wildman–Crippen MR) is 53.9 cm³/mol. The van der Waals surface area contributed by atoms with Crippen molar-refractivity contribution in [3.05, 3.63) is 41.9 Å². The Morgan fingerprint density at radius 1 is 1.18 bits per heavy atom. The molecule has 1 nitrogen and oxygen atoms in total. The molecule has 0 unspecified atom stereocenters. The van der Waals surface area contributed by atoms with Gasteiger partial charge in [-0.15, -0.1) is 13.2 Å². The van der Waals surface area contributed by atoms with Gasteiger partial charge >= 0.3 is 0 Å². The molecule has 0 heterocycles. The Kier molecular flexibility index (Phi) is 6.31. The van der Waals surface area contributed by atoms with Gasteiger partial charge in [0.1, 0.15) is 0 Å². The quantitative estimate of drug-likeness (QED) is 0.587. The zero-order valence-electron chi connectivity index (χ0n) is 5.96. The molecule has 1 aromatic rings. The van der Waals surface area contributed by atoms with Crippen LogP contribution in [0.4, 0.5) is 0 Å². The van der Waals surface area contributed by atoms with Crippen molar-refractivity contribution in [3.63, 3.8) is 0 Å². The number of hydrogen-bond acceptors (Lipinski definition) is 2. The molecule has 0 aromatic heterocycles. The fourth-order valence-corrected chi connectivity index (χ4v) is 1.02. The molecule has 3 heteroatoms. The molecule has 0 aliphatic carbocycles. The van der Waals surface area contributed by atoms with Gasteiger partial charge in [-0.25, -0.2) is 0 Å². The normalized spacial score (nSPS) is 8.18. The molecule has 0 saturated heterocycles. The lowest BCUT2D eigenvalue weighted by molar-refractivity contribution is 0.664. The summed E-state index contributed by atoms with van der Waals surface area (Å²) in [5, 5.41) is 0. The van der Waals surface area contributed by atoms with Gasteiger partial charge in [-0.1, -0.05) is 15.9 Å². The summed E-state index contributed by atoms with van der Waals surface area (Å²) >= 11 is 4.04. The van der Waals surface area contributed by atoms with Crippen LogP contribution in [-0.2, 0) is 0 Å². The van der Waals surface area contributed by atoms with E-state index in [0.717, 1.165) is 21.4 Å². The molecule has 0 bridgehead atoms. The molecule has 1 N–H and O–H groups in total. The first kappa shape index (κ1) is 10.8. The molecule has 0 aliphatic heterocycles. The van der Waals surface area contributed by atoms with Crippen LogP contribution in [0.25, 0.3) is 0 Å². The van der Waals surface area contributed by atoms with Gasteiger partial charge in [0.25, 0.3) is 0 Å². The molecular weight excluding hydrogens is 224 g/mol. The molecule has 1 aromatic carbocycles. The maximum Gasteiger partial charge on any atom is 0.0351 e. The van der Waals surface area contributed by atoms with Crippen LogP contribution < -0.4 is 0 Å². The van der Waals surface area contributed by atoms with Crippen molar-refractivity contribution in [3.8, 4) is 0 Å². The zero-order valence-corrected chi connectivity index (χ0v) is 8.36. The van der Waals surface area contributed by atoms with E-state index in [2.05, 4.69) is 29.1 Å². The lowest BCUT2D eigenvalue weighted by Gasteiger charge is -1.91. The highest BCUT2D eigenvalue weighted by Crippen LogP contribution is 2.16. The highest BCUT2D eigenvalue weighted by Gasteiger charge is 1.88. The standard InChI is InChI=1S/C6H5BrOS.C2H4/c7-5-1-3-6(9-8)4-2-5;1-2/h1-4,8H;1-2H2. The highest BCUT2D eigenvalue weighted by molar-refractivity contribution is 9.10. The van der Waals surface area contributed by atoms with Crippen molar-refractivity contribution in [2.75, 3.05) is 0 Å². The number of hydrogen-bond donors (Lipinski definition) is 1. The number of rotatable bonds is 1. The summed E-state index contributed by atoms with van der Waals surface area (Å²) in [6, 6.07) is 7.46. The van der Waals surface area contributed by atoms with Gasteiger partial charge in [-0.2, -0.15) is 0 Å². The van der Waals surface area contributed by atoms with Crippen molar-refractivity contribution >= 4 is 28.0 Å². The molecule has 60 valence electrons. The van der Waals surface area contributed by atoms with Crippen LogP contribution >= 0.6 is 28.0 Å². The van der Waals surface area contributed by atoms with Crippen molar-refractivity contribution in [1.82, 2.24) is 0 Å². The summed E-state index contributed by atoms with van der Waals surface area (Å²) in [7, 11) is 0. The second-order valence-electron chi connectivity index (χ2n) is 1.55. The summed E-state index contributed by atoms with van der Waals surface area (Å²) in [5.41, 5.74) is 0. The Morgan fingerprint density at radius 3 is 2.00 bits per heavy atom. The molecule has 0 atom stereocenters. The summed E-state index contributed by atoms with van der Waals surface area (Å²) < 4.78 is 9.56. The lowest BCUT2D eigenvalue weighted by atomic mass is 10.4. The molecule has 11 heavy (non-hydrogen) atoms. The van der Waals surface area contributed by atoms with E-state index in [1.807, 2.05) is 24.3 Å². The summed E-state index contributed by atoms with van der Waals surface area (Å²) in [4.78, 5) is 0.859. The summed E-state index contributed by atoms with van der Waals surface area (Å²) in [5.74, 6) is 0. The fraction of sp³-hybridized carbons (Fsp3) is 0. The van der Waals surface area contributed by atoms with Gasteiger partial charge in [0.05, 0.1) is 0 Å². The molecular formula is C8H9BrOS. The van der Waals surface area contributed by atoms with E-state index >= 15 is 0 Å². The second kappa shape index (κ2) is 6.46. The van der Waals surface area contributed by atoms with Gasteiger partial charge < -0.3 is 4.55 Å². The summed E-state index contributed by atoms with van der Waals surface area (Å²) in [6.07, 6.45) is 0. The minimum absolute atomic E-state index is 0.757. The van der Waals surface area contributed by atoms with Gasteiger partial charge in [-0.05, 0) is 24.3 Å². The maximum absolute atomic E-state index is 8.53. The van der Waals surface area contributed by atoms with E-state index in [1.54, 1.807) is 0 Å². The molecule has 0 saturated carbocycles. The SMILES string of the molecule is C=C.OSc1ccc(Br)cc1. The highest BCUT2D eigenvalue weighted by atomic mass is 79.9. The van der Waals surface area contributed by atoms with Crippen LogP contribution in [0.3, 0.4) is 0 Å². The predicted octanol–water partition coefficient (Wildman–Crippen LogP) is 3.82. The first-order valence-electron chi connectivity index (χ1n) is 2.90. The Balaban J connectivity index is 0.000000461. The minimum Gasteiger partial charge on any atom is -0.325 e. The molecule has 0 amide bonds. The van der Waals surface area contributed by atoms with E-state index in [9.17, 15) is 0 Å². The van der Waals surface area contributed by atoms with Crippen LogP contribution in [0.5, 0.6) is 0 Å². The van der Waals surface area contributed by atoms with Gasteiger partial charge in [-0.3, -0.25) is 0 Å². The number of benzene rings is 1. The van der Waals surface area contributed by atoms with Crippen molar-refractivity contribution in [1.29, 1.82) is 0 Å². The van der Waals surface area contributed by atoms with Crippen molar-refractivity contribution in [2.24, 2.45) is 0 Å². The fourth-order valence-electron chi connectivity index (χ4n) is 0.495. The second-order valence-corrected chi connectivity index (χ2v) is 3.11. The third kappa shape index (κ3) is 4.24. The molecule has 0 radical (unpaired) electrons. The van der Waals surface area contributed by atoms with E-state index < -0.39 is 0 Å². The smallest absolute Gasteiger partial charge is 0.0351 e. The van der Waals surface area contributed by atoms with Gasteiger partial charge in [0.2, 0.25) is 0 Å². The lowest BCUT2D eigenvalue weighted by Crippen LogP contribution is -1.66. The van der Waals surface area contributed by atoms with E-state index in [-0.39, 0.29) is 0 Å². The van der Waals surface area contributed by atoms with E-state index in [4.69, 9.17) is 4.55 Å². The van der Waals surface area contributed by atoms with Crippen molar-refractivity contribution in [2.45, 2.75) is 4.90 Å². The minimum atomic E-state index is 0.757.